The monoisotopic (exact) mass is 309 g/mol. The minimum absolute atomic E-state index is 0.152. The molecular formula is C11H11N5O4S. The van der Waals surface area contributed by atoms with Crippen molar-refractivity contribution in [1.82, 2.24) is 14.9 Å². The van der Waals surface area contributed by atoms with Crippen LogP contribution in [0.5, 0.6) is 0 Å². The molecule has 0 saturated carbocycles. The third-order valence-electron chi connectivity index (χ3n) is 2.99. The molecule has 0 unspecified atom stereocenters. The van der Waals surface area contributed by atoms with E-state index in [9.17, 15) is 10.1 Å². The van der Waals surface area contributed by atoms with E-state index < -0.39 is 4.92 Å². The molecule has 1 fully saturated rings. The molecule has 3 heterocycles. The number of hydrogen-bond acceptors (Lipinski definition) is 7. The average Bonchev–Trinajstić information content (AvgIpc) is 3.17. The highest BCUT2D eigenvalue weighted by Gasteiger charge is 2.23. The van der Waals surface area contributed by atoms with Crippen molar-refractivity contribution in [3.05, 3.63) is 38.6 Å². The molecule has 21 heavy (non-hydrogen) atoms. The Morgan fingerprint density at radius 1 is 1.62 bits per heavy atom. The first-order valence-electron chi connectivity index (χ1n) is 6.22. The first-order chi connectivity index (χ1) is 10.1. The van der Waals surface area contributed by atoms with Gasteiger partial charge in [-0.2, -0.15) is 14.9 Å². The molecule has 0 bridgehead atoms. The highest BCUT2D eigenvalue weighted by molar-refractivity contribution is 7.71. The number of ether oxygens (including phenoxy) is 1. The maximum absolute atomic E-state index is 10.5. The number of furan rings is 1. The lowest BCUT2D eigenvalue weighted by molar-refractivity contribution is -0.402. The minimum atomic E-state index is -0.612. The van der Waals surface area contributed by atoms with E-state index in [4.69, 9.17) is 21.4 Å². The van der Waals surface area contributed by atoms with Gasteiger partial charge in [-0.3, -0.25) is 15.2 Å². The quantitative estimate of drug-likeness (QED) is 0.401. The summed E-state index contributed by atoms with van der Waals surface area (Å²) in [6.07, 6.45) is 3.00. The zero-order chi connectivity index (χ0) is 14.8. The van der Waals surface area contributed by atoms with E-state index in [1.807, 2.05) is 0 Å². The van der Waals surface area contributed by atoms with Crippen LogP contribution in [0.1, 0.15) is 30.5 Å². The number of H-pyrrole nitrogens is 1. The van der Waals surface area contributed by atoms with Crippen molar-refractivity contribution in [3.8, 4) is 0 Å². The van der Waals surface area contributed by atoms with Crippen LogP contribution >= 0.6 is 12.2 Å². The summed E-state index contributed by atoms with van der Waals surface area (Å²) >= 11 is 5.11. The Bertz CT molecular complexity index is 740. The Hall–Kier alpha value is -2.33. The first-order valence-corrected chi connectivity index (χ1v) is 6.63. The Morgan fingerprint density at radius 2 is 2.48 bits per heavy atom. The highest BCUT2D eigenvalue weighted by atomic mass is 32.1. The van der Waals surface area contributed by atoms with Crippen LogP contribution < -0.4 is 0 Å². The summed E-state index contributed by atoms with van der Waals surface area (Å²) < 4.78 is 12.3. The van der Waals surface area contributed by atoms with Gasteiger partial charge in [0.05, 0.1) is 12.3 Å². The lowest BCUT2D eigenvalue weighted by Gasteiger charge is -2.06. The zero-order valence-electron chi connectivity index (χ0n) is 10.8. The fraction of sp³-hybridized carbons (Fsp3) is 0.364. The normalized spacial score (nSPS) is 18.6. The maximum Gasteiger partial charge on any atom is 0.433 e. The predicted molar refractivity (Wildman–Crippen MR) is 73.7 cm³/mol. The summed E-state index contributed by atoms with van der Waals surface area (Å²) in [5.41, 5.74) is 0. The Morgan fingerprint density at radius 3 is 3.14 bits per heavy atom. The SMILES string of the molecule is O=[N+]([O-])c1ccc(/C=N\n2c([C@@H]3CCCO3)n[nH]c2=S)o1. The van der Waals surface area contributed by atoms with Gasteiger partial charge in [0.25, 0.3) is 0 Å². The zero-order valence-corrected chi connectivity index (χ0v) is 11.6. The van der Waals surface area contributed by atoms with Crippen LogP contribution in [0.15, 0.2) is 21.7 Å². The molecule has 2 aromatic heterocycles. The second-order valence-corrected chi connectivity index (χ2v) is 4.76. The van der Waals surface area contributed by atoms with Crippen LogP contribution in [0.25, 0.3) is 0 Å². The molecule has 1 aliphatic heterocycles. The van der Waals surface area contributed by atoms with Gasteiger partial charge in [0.1, 0.15) is 11.0 Å². The molecule has 9 nitrogen and oxygen atoms in total. The van der Waals surface area contributed by atoms with Crippen molar-refractivity contribution in [1.29, 1.82) is 0 Å². The van der Waals surface area contributed by atoms with Gasteiger partial charge in [0, 0.05) is 6.61 Å². The highest BCUT2D eigenvalue weighted by Crippen LogP contribution is 2.27. The van der Waals surface area contributed by atoms with E-state index in [-0.39, 0.29) is 17.7 Å². The van der Waals surface area contributed by atoms with Crippen LogP contribution in [0.4, 0.5) is 5.88 Å². The number of nitro groups is 1. The van der Waals surface area contributed by atoms with Crippen molar-refractivity contribution in [2.24, 2.45) is 5.10 Å². The molecule has 1 N–H and O–H groups in total. The molecule has 1 saturated heterocycles. The second-order valence-electron chi connectivity index (χ2n) is 4.38. The Labute approximate surface area is 123 Å². The molecule has 3 rings (SSSR count). The van der Waals surface area contributed by atoms with Gasteiger partial charge in [-0.1, -0.05) is 0 Å². The summed E-state index contributed by atoms with van der Waals surface area (Å²) in [6.45, 7) is 0.679. The van der Waals surface area contributed by atoms with Crippen LogP contribution in [0.2, 0.25) is 0 Å². The molecule has 110 valence electrons. The van der Waals surface area contributed by atoms with Crippen molar-refractivity contribution >= 4 is 24.3 Å². The molecule has 1 atom stereocenters. The van der Waals surface area contributed by atoms with Crippen molar-refractivity contribution in [3.63, 3.8) is 0 Å². The average molecular weight is 309 g/mol. The topological polar surface area (TPSA) is 111 Å². The number of aromatic nitrogens is 3. The van der Waals surface area contributed by atoms with Crippen LogP contribution in [0.3, 0.4) is 0 Å². The fourth-order valence-electron chi connectivity index (χ4n) is 2.03. The van der Waals surface area contributed by atoms with Gasteiger partial charge < -0.3 is 9.15 Å². The lowest BCUT2D eigenvalue weighted by Crippen LogP contribution is -2.05. The fourth-order valence-corrected chi connectivity index (χ4v) is 2.22. The first kappa shape index (κ1) is 13.6. The van der Waals surface area contributed by atoms with Gasteiger partial charge in [-0.05, 0) is 31.1 Å². The van der Waals surface area contributed by atoms with Gasteiger partial charge in [-0.25, -0.2) is 0 Å². The van der Waals surface area contributed by atoms with Crippen molar-refractivity contribution in [2.45, 2.75) is 18.9 Å². The summed E-state index contributed by atoms with van der Waals surface area (Å²) in [7, 11) is 0. The summed E-state index contributed by atoms with van der Waals surface area (Å²) in [5, 5.41) is 21.5. The van der Waals surface area contributed by atoms with Gasteiger partial charge >= 0.3 is 5.88 Å². The van der Waals surface area contributed by atoms with Gasteiger partial charge in [-0.15, -0.1) is 0 Å². The molecule has 1 aliphatic rings. The van der Waals surface area contributed by atoms with E-state index in [0.29, 0.717) is 17.2 Å². The molecular weight excluding hydrogens is 298 g/mol. The standard InChI is InChI=1S/C11H11N5O4S/c17-16(18)9-4-3-7(20-9)6-12-15-10(13-14-11(15)21)8-2-1-5-19-8/h3-4,6,8H,1-2,5H2,(H,14,21)/b12-6-/t8-/m0/s1. The smallest absolute Gasteiger partial charge is 0.400 e. The van der Waals surface area contributed by atoms with Gasteiger partial charge in [0.2, 0.25) is 4.77 Å². The van der Waals surface area contributed by atoms with Crippen LogP contribution in [-0.4, -0.2) is 32.6 Å². The summed E-state index contributed by atoms with van der Waals surface area (Å²) in [5.74, 6) is 0.490. The predicted octanol–water partition coefficient (Wildman–Crippen LogP) is 2.18. The Kier molecular flexibility index (Phi) is 3.62. The summed E-state index contributed by atoms with van der Waals surface area (Å²) in [6, 6.07) is 2.72. The van der Waals surface area contributed by atoms with E-state index in [0.717, 1.165) is 12.8 Å². The third kappa shape index (κ3) is 2.76. The van der Waals surface area contributed by atoms with Crippen molar-refractivity contribution in [2.75, 3.05) is 6.61 Å². The van der Waals surface area contributed by atoms with E-state index in [1.165, 1.54) is 23.0 Å². The lowest BCUT2D eigenvalue weighted by atomic mass is 10.2. The largest absolute Gasteiger partial charge is 0.433 e. The van der Waals surface area contributed by atoms with Crippen LogP contribution in [0, 0.1) is 14.9 Å². The number of aromatic amines is 1. The molecule has 0 aromatic carbocycles. The number of nitrogens with zero attached hydrogens (tertiary/aromatic N) is 4. The molecule has 0 spiro atoms. The maximum atomic E-state index is 10.5. The van der Waals surface area contributed by atoms with E-state index >= 15 is 0 Å². The number of rotatable bonds is 4. The molecule has 0 aliphatic carbocycles. The molecule has 0 radical (unpaired) electrons. The van der Waals surface area contributed by atoms with Gasteiger partial charge in [0.15, 0.2) is 11.6 Å². The van der Waals surface area contributed by atoms with E-state index in [1.54, 1.807) is 0 Å². The third-order valence-corrected chi connectivity index (χ3v) is 3.25. The molecule has 2 aromatic rings. The number of nitrogens with one attached hydrogen (secondary N) is 1. The Balaban J connectivity index is 1.86. The number of hydrogen-bond donors (Lipinski definition) is 1. The second kappa shape index (κ2) is 5.58. The minimum Gasteiger partial charge on any atom is -0.400 e. The van der Waals surface area contributed by atoms with Crippen molar-refractivity contribution < 1.29 is 14.1 Å². The van der Waals surface area contributed by atoms with E-state index in [2.05, 4.69) is 15.3 Å². The molecule has 0 amide bonds. The molecule has 10 heteroatoms. The van der Waals surface area contributed by atoms with Crippen LogP contribution in [-0.2, 0) is 4.74 Å². The summed E-state index contributed by atoms with van der Waals surface area (Å²) in [4.78, 5) is 9.93.